The van der Waals surface area contributed by atoms with Gasteiger partial charge in [0.25, 0.3) is 5.91 Å². The summed E-state index contributed by atoms with van der Waals surface area (Å²) in [5.74, 6) is -0.0382. The second-order valence-electron chi connectivity index (χ2n) is 7.79. The van der Waals surface area contributed by atoms with E-state index >= 15 is 0 Å². The molecule has 32 heavy (non-hydrogen) atoms. The fourth-order valence-corrected chi connectivity index (χ4v) is 4.19. The summed E-state index contributed by atoms with van der Waals surface area (Å²) in [4.78, 5) is 25.7. The molecule has 1 aliphatic rings. The molecule has 4 rings (SSSR count). The molecule has 1 saturated heterocycles. The van der Waals surface area contributed by atoms with Crippen LogP contribution in [0.4, 0.5) is 5.69 Å². The number of carbonyl (C=O) groups is 1. The largest absolute Gasteiger partial charge is 0.370 e. The first kappa shape index (κ1) is 22.2. The molecule has 1 aliphatic heterocycles. The molecule has 0 aliphatic carbocycles. The lowest BCUT2D eigenvalue weighted by Crippen LogP contribution is -2.42. The number of benzene rings is 2. The van der Waals surface area contributed by atoms with Crippen LogP contribution in [0.25, 0.3) is 0 Å². The molecule has 2 heterocycles. The summed E-state index contributed by atoms with van der Waals surface area (Å²) in [6.45, 7) is 5.25. The molecule has 0 radical (unpaired) electrons. The van der Waals surface area contributed by atoms with Crippen LogP contribution < -0.4 is 0 Å². The van der Waals surface area contributed by atoms with Gasteiger partial charge in [-0.3, -0.25) is 19.6 Å². The van der Waals surface area contributed by atoms with Crippen LogP contribution in [0.5, 0.6) is 0 Å². The molecule has 0 bridgehead atoms. The third-order valence-corrected chi connectivity index (χ3v) is 6.18. The Morgan fingerprint density at radius 1 is 1.19 bits per heavy atom. The molecule has 3 aromatic rings. The lowest BCUT2D eigenvalue weighted by atomic mass is 10.1. The molecule has 0 saturated carbocycles. The molecule has 1 atom stereocenters. The van der Waals surface area contributed by atoms with Crippen molar-refractivity contribution < 1.29 is 14.5 Å². The van der Waals surface area contributed by atoms with Crippen LogP contribution in [-0.2, 0) is 11.3 Å². The Morgan fingerprint density at radius 3 is 2.50 bits per heavy atom. The number of aryl methyl sites for hydroxylation is 1. The standard InChI is InChI=1S/C23H23BrN4O4/c1-15-22(28(30)31)16(2)27(25-15)13-17-3-5-19(6-4-17)23(29)26-11-12-32-21(14-26)18-7-9-20(24)10-8-18/h3-10,21H,11-14H2,1-2H3. The molecule has 2 aromatic carbocycles. The topological polar surface area (TPSA) is 90.5 Å². The first-order valence-corrected chi connectivity index (χ1v) is 11.1. The maximum absolute atomic E-state index is 13.0. The van der Waals surface area contributed by atoms with Crippen molar-refractivity contribution in [3.63, 3.8) is 0 Å². The van der Waals surface area contributed by atoms with Crippen LogP contribution >= 0.6 is 15.9 Å². The van der Waals surface area contributed by atoms with Gasteiger partial charge in [0.15, 0.2) is 0 Å². The van der Waals surface area contributed by atoms with E-state index in [2.05, 4.69) is 21.0 Å². The van der Waals surface area contributed by atoms with Crippen molar-refractivity contribution in [1.29, 1.82) is 0 Å². The molecule has 1 amide bonds. The second-order valence-corrected chi connectivity index (χ2v) is 8.71. The van der Waals surface area contributed by atoms with Crippen molar-refractivity contribution in [1.82, 2.24) is 14.7 Å². The molecule has 9 heteroatoms. The van der Waals surface area contributed by atoms with Crippen molar-refractivity contribution in [2.24, 2.45) is 0 Å². The monoisotopic (exact) mass is 498 g/mol. The fourth-order valence-electron chi connectivity index (χ4n) is 3.93. The van der Waals surface area contributed by atoms with Gasteiger partial charge in [0, 0.05) is 16.6 Å². The second kappa shape index (κ2) is 9.22. The summed E-state index contributed by atoms with van der Waals surface area (Å²) in [5, 5.41) is 15.5. The zero-order valence-electron chi connectivity index (χ0n) is 17.8. The molecule has 1 unspecified atom stereocenters. The van der Waals surface area contributed by atoms with Gasteiger partial charge in [0.05, 0.1) is 24.6 Å². The number of carbonyl (C=O) groups excluding carboxylic acids is 1. The summed E-state index contributed by atoms with van der Waals surface area (Å²) in [7, 11) is 0. The SMILES string of the molecule is Cc1nn(Cc2ccc(C(=O)N3CCOC(c4ccc(Br)cc4)C3)cc2)c(C)c1[N+](=O)[O-]. The zero-order chi connectivity index (χ0) is 22.8. The first-order valence-electron chi connectivity index (χ1n) is 10.3. The number of ether oxygens (including phenoxy) is 1. The highest BCUT2D eigenvalue weighted by Crippen LogP contribution is 2.25. The average Bonchev–Trinajstić information content (AvgIpc) is 3.07. The minimum atomic E-state index is -0.403. The minimum Gasteiger partial charge on any atom is -0.370 e. The molecule has 1 fully saturated rings. The van der Waals surface area contributed by atoms with Crippen molar-refractivity contribution in [3.05, 3.63) is 91.2 Å². The highest BCUT2D eigenvalue weighted by Gasteiger charge is 2.26. The third-order valence-electron chi connectivity index (χ3n) is 5.65. The van der Waals surface area contributed by atoms with E-state index in [4.69, 9.17) is 4.74 Å². The lowest BCUT2D eigenvalue weighted by molar-refractivity contribution is -0.386. The lowest BCUT2D eigenvalue weighted by Gasteiger charge is -2.33. The number of morpholine rings is 1. The minimum absolute atomic E-state index is 0.0382. The van der Waals surface area contributed by atoms with E-state index in [1.165, 1.54) is 0 Å². The quantitative estimate of drug-likeness (QED) is 0.383. The summed E-state index contributed by atoms with van der Waals surface area (Å²) in [6.07, 6.45) is -0.151. The predicted octanol–water partition coefficient (Wildman–Crippen LogP) is 4.43. The Kier molecular flexibility index (Phi) is 6.38. The van der Waals surface area contributed by atoms with Crippen LogP contribution in [-0.4, -0.2) is 45.2 Å². The number of hydrogen-bond donors (Lipinski definition) is 0. The molecular weight excluding hydrogens is 476 g/mol. The van der Waals surface area contributed by atoms with Crippen LogP contribution in [0, 0.1) is 24.0 Å². The van der Waals surface area contributed by atoms with Gasteiger partial charge >= 0.3 is 5.69 Å². The van der Waals surface area contributed by atoms with E-state index in [1.54, 1.807) is 30.7 Å². The van der Waals surface area contributed by atoms with E-state index in [1.807, 2.05) is 41.3 Å². The molecule has 0 N–H and O–H groups in total. The Labute approximate surface area is 194 Å². The molecular formula is C23H23BrN4O4. The van der Waals surface area contributed by atoms with Gasteiger partial charge in [-0.15, -0.1) is 0 Å². The number of rotatable bonds is 5. The van der Waals surface area contributed by atoms with Crippen LogP contribution in [0.3, 0.4) is 0 Å². The smallest absolute Gasteiger partial charge is 0.312 e. The summed E-state index contributed by atoms with van der Waals surface area (Å²) < 4.78 is 8.50. The van der Waals surface area contributed by atoms with Gasteiger partial charge in [-0.05, 0) is 49.2 Å². The van der Waals surface area contributed by atoms with Gasteiger partial charge in [-0.1, -0.05) is 40.2 Å². The Balaban J connectivity index is 1.44. The Bertz CT molecular complexity index is 1140. The number of hydrogen-bond acceptors (Lipinski definition) is 5. The average molecular weight is 499 g/mol. The maximum atomic E-state index is 13.0. The molecule has 8 nitrogen and oxygen atoms in total. The number of nitrogens with zero attached hydrogens (tertiary/aromatic N) is 4. The highest BCUT2D eigenvalue weighted by atomic mass is 79.9. The van der Waals surface area contributed by atoms with Gasteiger partial charge < -0.3 is 9.64 Å². The van der Waals surface area contributed by atoms with E-state index in [9.17, 15) is 14.9 Å². The molecule has 0 spiro atoms. The van der Waals surface area contributed by atoms with Crippen LogP contribution in [0.1, 0.15) is 39.0 Å². The fraction of sp³-hybridized carbons (Fsp3) is 0.304. The van der Waals surface area contributed by atoms with Gasteiger partial charge in [-0.25, -0.2) is 0 Å². The number of halogens is 1. The normalized spacial score (nSPS) is 16.2. The Morgan fingerprint density at radius 2 is 1.88 bits per heavy atom. The van der Waals surface area contributed by atoms with Crippen molar-refractivity contribution in [2.75, 3.05) is 19.7 Å². The van der Waals surface area contributed by atoms with E-state index in [-0.39, 0.29) is 17.7 Å². The zero-order valence-corrected chi connectivity index (χ0v) is 19.4. The summed E-state index contributed by atoms with van der Waals surface area (Å²) in [6, 6.07) is 15.3. The van der Waals surface area contributed by atoms with E-state index in [0.29, 0.717) is 43.2 Å². The summed E-state index contributed by atoms with van der Waals surface area (Å²) in [5.41, 5.74) is 3.51. The van der Waals surface area contributed by atoms with E-state index < -0.39 is 4.92 Å². The molecule has 1 aromatic heterocycles. The van der Waals surface area contributed by atoms with Gasteiger partial charge in [-0.2, -0.15) is 5.10 Å². The number of aromatic nitrogens is 2. The van der Waals surface area contributed by atoms with Crippen molar-refractivity contribution >= 4 is 27.5 Å². The third kappa shape index (κ3) is 4.58. The van der Waals surface area contributed by atoms with E-state index in [0.717, 1.165) is 15.6 Å². The molecule has 166 valence electrons. The summed E-state index contributed by atoms with van der Waals surface area (Å²) >= 11 is 3.44. The Hall–Kier alpha value is -3.04. The maximum Gasteiger partial charge on any atom is 0.312 e. The van der Waals surface area contributed by atoms with Gasteiger partial charge in [0.1, 0.15) is 17.5 Å². The number of nitro groups is 1. The predicted molar refractivity (Wildman–Crippen MR) is 123 cm³/mol. The highest BCUT2D eigenvalue weighted by molar-refractivity contribution is 9.10. The number of amides is 1. The van der Waals surface area contributed by atoms with Crippen molar-refractivity contribution in [2.45, 2.75) is 26.5 Å². The van der Waals surface area contributed by atoms with Gasteiger partial charge in [0.2, 0.25) is 0 Å². The van der Waals surface area contributed by atoms with Crippen molar-refractivity contribution in [3.8, 4) is 0 Å². The van der Waals surface area contributed by atoms with Crippen LogP contribution in [0.2, 0.25) is 0 Å². The van der Waals surface area contributed by atoms with Crippen LogP contribution in [0.15, 0.2) is 53.0 Å². The first-order chi connectivity index (χ1) is 15.3.